The lowest BCUT2D eigenvalue weighted by atomic mass is 9.90. The average Bonchev–Trinajstić information content (AvgIpc) is 3.01. The number of rotatable bonds is 4. The van der Waals surface area contributed by atoms with E-state index in [0.717, 1.165) is 12.8 Å². The van der Waals surface area contributed by atoms with Gasteiger partial charge in [-0.25, -0.2) is 4.79 Å². The van der Waals surface area contributed by atoms with E-state index in [1.165, 1.54) is 22.3 Å². The molecule has 0 saturated carbocycles. The van der Waals surface area contributed by atoms with Crippen LogP contribution in [-0.4, -0.2) is 30.5 Å². The Morgan fingerprint density at radius 3 is 2.27 bits per heavy atom. The SMILES string of the molecule is O=C(N[C@@H]1CC=CC[C@@H]1CO)OCC1c2ccccc2-c2ccccc21. The highest BCUT2D eigenvalue weighted by molar-refractivity contribution is 5.79. The summed E-state index contributed by atoms with van der Waals surface area (Å²) >= 11 is 0. The number of nitrogens with one attached hydrogen (secondary N) is 1. The van der Waals surface area contributed by atoms with Gasteiger partial charge in [0.2, 0.25) is 0 Å². The number of allylic oxidation sites excluding steroid dienone is 1. The fraction of sp³-hybridized carbons (Fsp3) is 0.318. The molecular weight excluding hydrogens is 326 g/mol. The highest BCUT2D eigenvalue weighted by Gasteiger charge is 2.30. The lowest BCUT2D eigenvalue weighted by Crippen LogP contribution is -2.42. The molecule has 2 aromatic rings. The number of aliphatic hydroxyl groups excluding tert-OH is 1. The Kier molecular flexibility index (Phi) is 4.76. The monoisotopic (exact) mass is 349 g/mol. The summed E-state index contributed by atoms with van der Waals surface area (Å²) in [6, 6.07) is 16.5. The summed E-state index contributed by atoms with van der Waals surface area (Å²) in [6.45, 7) is 0.380. The van der Waals surface area contributed by atoms with Gasteiger partial charge in [0.05, 0.1) is 0 Å². The Bertz CT molecular complexity index is 784. The molecule has 2 atom stereocenters. The van der Waals surface area contributed by atoms with Gasteiger partial charge in [0, 0.05) is 24.5 Å². The van der Waals surface area contributed by atoms with E-state index in [-0.39, 0.29) is 24.5 Å². The van der Waals surface area contributed by atoms with Gasteiger partial charge in [-0.15, -0.1) is 0 Å². The van der Waals surface area contributed by atoms with Crippen LogP contribution in [0.2, 0.25) is 0 Å². The molecule has 0 fully saturated rings. The van der Waals surface area contributed by atoms with Gasteiger partial charge in [0.25, 0.3) is 0 Å². The third-order valence-corrected chi connectivity index (χ3v) is 5.45. The van der Waals surface area contributed by atoms with Crippen molar-refractivity contribution in [3.8, 4) is 11.1 Å². The first kappa shape index (κ1) is 16.9. The van der Waals surface area contributed by atoms with E-state index in [9.17, 15) is 9.90 Å². The number of amides is 1. The summed E-state index contributed by atoms with van der Waals surface area (Å²) in [4.78, 5) is 12.3. The van der Waals surface area contributed by atoms with E-state index >= 15 is 0 Å². The first-order valence-electron chi connectivity index (χ1n) is 9.15. The lowest BCUT2D eigenvalue weighted by molar-refractivity contribution is 0.126. The number of ether oxygens (including phenoxy) is 1. The molecule has 134 valence electrons. The number of alkyl carbamates (subject to hydrolysis) is 1. The van der Waals surface area contributed by atoms with E-state index in [1.807, 2.05) is 30.3 Å². The molecule has 1 amide bonds. The molecule has 2 aromatic carbocycles. The van der Waals surface area contributed by atoms with Gasteiger partial charge in [0.1, 0.15) is 6.61 Å². The molecule has 0 aromatic heterocycles. The van der Waals surface area contributed by atoms with Crippen LogP contribution in [0.3, 0.4) is 0 Å². The predicted octanol–water partition coefficient (Wildman–Crippen LogP) is 3.85. The van der Waals surface area contributed by atoms with Crippen LogP contribution in [-0.2, 0) is 4.74 Å². The van der Waals surface area contributed by atoms with E-state index in [4.69, 9.17) is 4.74 Å². The van der Waals surface area contributed by atoms with Gasteiger partial charge in [-0.3, -0.25) is 0 Å². The second kappa shape index (κ2) is 7.34. The quantitative estimate of drug-likeness (QED) is 0.824. The Morgan fingerprint density at radius 1 is 1.00 bits per heavy atom. The lowest BCUT2D eigenvalue weighted by Gasteiger charge is -2.27. The summed E-state index contributed by atoms with van der Waals surface area (Å²) < 4.78 is 5.58. The molecule has 2 N–H and O–H groups in total. The maximum atomic E-state index is 12.3. The van der Waals surface area contributed by atoms with Crippen LogP contribution in [0.5, 0.6) is 0 Å². The topological polar surface area (TPSA) is 58.6 Å². The van der Waals surface area contributed by atoms with Crippen molar-refractivity contribution in [2.45, 2.75) is 24.8 Å². The molecule has 0 unspecified atom stereocenters. The van der Waals surface area contributed by atoms with Crippen molar-refractivity contribution in [2.75, 3.05) is 13.2 Å². The van der Waals surface area contributed by atoms with Gasteiger partial charge >= 0.3 is 6.09 Å². The zero-order valence-corrected chi connectivity index (χ0v) is 14.6. The highest BCUT2D eigenvalue weighted by Crippen LogP contribution is 2.44. The minimum Gasteiger partial charge on any atom is -0.449 e. The van der Waals surface area contributed by atoms with Crippen molar-refractivity contribution < 1.29 is 14.6 Å². The van der Waals surface area contributed by atoms with Crippen molar-refractivity contribution >= 4 is 6.09 Å². The Hall–Kier alpha value is -2.59. The van der Waals surface area contributed by atoms with Gasteiger partial charge in [-0.2, -0.15) is 0 Å². The van der Waals surface area contributed by atoms with Gasteiger partial charge in [-0.1, -0.05) is 60.7 Å². The van der Waals surface area contributed by atoms with Crippen molar-refractivity contribution in [3.05, 3.63) is 71.8 Å². The smallest absolute Gasteiger partial charge is 0.407 e. The second-order valence-corrected chi connectivity index (χ2v) is 6.96. The van der Waals surface area contributed by atoms with Crippen LogP contribution in [0.4, 0.5) is 4.79 Å². The summed E-state index contributed by atoms with van der Waals surface area (Å²) in [5, 5.41) is 12.4. The largest absolute Gasteiger partial charge is 0.449 e. The van der Waals surface area contributed by atoms with E-state index in [2.05, 4.69) is 35.7 Å². The van der Waals surface area contributed by atoms with Crippen LogP contribution in [0.25, 0.3) is 11.1 Å². The fourth-order valence-electron chi connectivity index (χ4n) is 4.04. The molecule has 0 saturated heterocycles. The maximum Gasteiger partial charge on any atom is 0.407 e. The van der Waals surface area contributed by atoms with Crippen molar-refractivity contribution in [3.63, 3.8) is 0 Å². The number of aliphatic hydroxyl groups is 1. The first-order chi connectivity index (χ1) is 12.8. The number of carbonyl (C=O) groups is 1. The van der Waals surface area contributed by atoms with Crippen LogP contribution in [0.1, 0.15) is 29.9 Å². The zero-order chi connectivity index (χ0) is 17.9. The number of carbonyl (C=O) groups excluding carboxylic acids is 1. The molecule has 0 radical (unpaired) electrons. The molecule has 4 rings (SSSR count). The third kappa shape index (κ3) is 3.13. The molecule has 0 aliphatic heterocycles. The van der Waals surface area contributed by atoms with Crippen LogP contribution >= 0.6 is 0 Å². The van der Waals surface area contributed by atoms with Crippen LogP contribution in [0, 0.1) is 5.92 Å². The highest BCUT2D eigenvalue weighted by atomic mass is 16.5. The Balaban J connectivity index is 1.45. The average molecular weight is 349 g/mol. The van der Waals surface area contributed by atoms with Gasteiger partial charge in [-0.05, 0) is 35.1 Å². The third-order valence-electron chi connectivity index (χ3n) is 5.45. The van der Waals surface area contributed by atoms with Crippen LogP contribution < -0.4 is 5.32 Å². The minimum atomic E-state index is -0.411. The van der Waals surface area contributed by atoms with Crippen LogP contribution in [0.15, 0.2) is 60.7 Å². The van der Waals surface area contributed by atoms with Crippen molar-refractivity contribution in [2.24, 2.45) is 5.92 Å². The fourth-order valence-corrected chi connectivity index (χ4v) is 4.04. The Morgan fingerprint density at radius 2 is 1.62 bits per heavy atom. The standard InChI is InChI=1S/C22H23NO3/c24-13-15-7-1-6-12-21(15)23-22(25)26-14-20-18-10-4-2-8-16(18)17-9-3-5-11-19(17)20/h1-6,8-11,15,20-21,24H,7,12-14H2,(H,23,25)/t15-,21-/m1/s1. The van der Waals surface area contributed by atoms with Crippen molar-refractivity contribution in [1.29, 1.82) is 0 Å². The number of fused-ring (bicyclic) bond motifs is 3. The molecular formula is C22H23NO3. The normalized spacial score (nSPS) is 21.1. The predicted molar refractivity (Wildman–Crippen MR) is 101 cm³/mol. The zero-order valence-electron chi connectivity index (χ0n) is 14.6. The molecule has 26 heavy (non-hydrogen) atoms. The summed E-state index contributed by atoms with van der Waals surface area (Å²) in [5.41, 5.74) is 4.84. The molecule has 4 heteroatoms. The Labute approximate surface area is 153 Å². The first-order valence-corrected chi connectivity index (χ1v) is 9.15. The molecule has 0 spiro atoms. The summed E-state index contributed by atoms with van der Waals surface area (Å²) in [6.07, 6.45) is 5.20. The number of benzene rings is 2. The van der Waals surface area contributed by atoms with E-state index in [0.29, 0.717) is 6.61 Å². The van der Waals surface area contributed by atoms with E-state index < -0.39 is 6.09 Å². The number of hydrogen-bond acceptors (Lipinski definition) is 3. The molecule has 0 bridgehead atoms. The minimum absolute atomic E-state index is 0.0560. The van der Waals surface area contributed by atoms with E-state index in [1.54, 1.807) is 0 Å². The summed E-state index contributed by atoms with van der Waals surface area (Å²) in [7, 11) is 0. The maximum absolute atomic E-state index is 12.3. The van der Waals surface area contributed by atoms with Gasteiger partial charge in [0.15, 0.2) is 0 Å². The number of hydrogen-bond donors (Lipinski definition) is 2. The molecule has 2 aliphatic carbocycles. The molecule has 2 aliphatic rings. The summed E-state index contributed by atoms with van der Waals surface area (Å²) in [5.74, 6) is 0.119. The second-order valence-electron chi connectivity index (χ2n) is 6.96. The van der Waals surface area contributed by atoms with Crippen molar-refractivity contribution in [1.82, 2.24) is 5.32 Å². The van der Waals surface area contributed by atoms with Gasteiger partial charge < -0.3 is 15.2 Å². The molecule has 0 heterocycles. The molecule has 4 nitrogen and oxygen atoms in total.